The Morgan fingerprint density at radius 1 is 1.13 bits per heavy atom. The highest BCUT2D eigenvalue weighted by Gasteiger charge is 2.25. The normalized spacial score (nSPS) is 14.3. The third-order valence-electron chi connectivity index (χ3n) is 5.05. The Bertz CT molecular complexity index is 927. The van der Waals surface area contributed by atoms with Crippen LogP contribution in [0, 0.1) is 17.6 Å². The van der Waals surface area contributed by atoms with Gasteiger partial charge in [0.1, 0.15) is 0 Å². The molecule has 1 aliphatic rings. The zero-order chi connectivity index (χ0) is 21.7. The van der Waals surface area contributed by atoms with Gasteiger partial charge >= 0.3 is 6.09 Å². The fourth-order valence-electron chi connectivity index (χ4n) is 3.28. The molecule has 1 aromatic carbocycles. The third kappa shape index (κ3) is 5.47. The Labute approximate surface area is 181 Å². The van der Waals surface area contributed by atoms with Crippen LogP contribution < -0.4 is 0 Å². The minimum absolute atomic E-state index is 0.0446. The van der Waals surface area contributed by atoms with E-state index in [-0.39, 0.29) is 12.0 Å². The van der Waals surface area contributed by atoms with E-state index in [4.69, 9.17) is 17.0 Å². The molecule has 0 radical (unpaired) electrons. The number of carbonyl (C=O) groups is 2. The highest BCUT2D eigenvalue weighted by Crippen LogP contribution is 2.18. The maximum Gasteiger partial charge on any atom is 0.409 e. The van der Waals surface area contributed by atoms with E-state index >= 15 is 0 Å². The molecule has 1 aromatic heterocycles. The summed E-state index contributed by atoms with van der Waals surface area (Å²) in [7, 11) is 0. The van der Waals surface area contributed by atoms with Crippen LogP contribution in [0.15, 0.2) is 24.3 Å². The first-order valence-electron chi connectivity index (χ1n) is 10.3. The van der Waals surface area contributed by atoms with Crippen LogP contribution >= 0.6 is 12.2 Å². The number of carbonyl (C=O) groups excluding carboxylic acids is 2. The molecule has 30 heavy (non-hydrogen) atoms. The molecule has 8 nitrogen and oxygen atoms in total. The molecule has 0 bridgehead atoms. The molecule has 1 N–H and O–H groups in total. The second-order valence-corrected chi connectivity index (χ2v) is 8.35. The molecule has 1 aliphatic heterocycles. The van der Waals surface area contributed by atoms with Crippen LogP contribution in [0.25, 0.3) is 11.4 Å². The molecule has 2 aromatic rings. The number of piperazine rings is 1. The van der Waals surface area contributed by atoms with Crippen LogP contribution in [0.3, 0.4) is 0 Å². The number of amides is 2. The molecule has 2 amide bonds. The minimum Gasteiger partial charge on any atom is -0.449 e. The molecular weight excluding hydrogens is 402 g/mol. The van der Waals surface area contributed by atoms with Crippen molar-refractivity contribution in [2.75, 3.05) is 32.8 Å². The molecule has 0 saturated carbocycles. The van der Waals surface area contributed by atoms with Crippen LogP contribution in [0.2, 0.25) is 0 Å². The van der Waals surface area contributed by atoms with Crippen molar-refractivity contribution < 1.29 is 14.3 Å². The molecule has 0 atom stereocenters. The van der Waals surface area contributed by atoms with Crippen LogP contribution in [-0.4, -0.2) is 69.4 Å². The van der Waals surface area contributed by atoms with E-state index in [2.05, 4.69) is 10.2 Å². The van der Waals surface area contributed by atoms with Crippen molar-refractivity contribution in [1.82, 2.24) is 24.6 Å². The number of hydrogen-bond donors (Lipinski definition) is 1. The van der Waals surface area contributed by atoms with E-state index in [1.54, 1.807) is 9.80 Å². The predicted octanol–water partition coefficient (Wildman–Crippen LogP) is 3.24. The first-order valence-corrected chi connectivity index (χ1v) is 10.7. The topological polar surface area (TPSA) is 83.5 Å². The number of ether oxygens (including phenoxy) is 1. The molecular formula is C21H29N5O3S. The van der Waals surface area contributed by atoms with Crippen molar-refractivity contribution >= 4 is 24.2 Å². The molecule has 3 rings (SSSR count). The van der Waals surface area contributed by atoms with Gasteiger partial charge in [-0.15, -0.1) is 0 Å². The van der Waals surface area contributed by atoms with Crippen molar-refractivity contribution in [3.63, 3.8) is 0 Å². The van der Waals surface area contributed by atoms with Gasteiger partial charge in [0.15, 0.2) is 10.6 Å². The molecule has 162 valence electrons. The van der Waals surface area contributed by atoms with E-state index in [0.29, 0.717) is 56.4 Å². The number of aromatic amines is 1. The number of nitrogens with one attached hydrogen (secondary N) is 1. The van der Waals surface area contributed by atoms with E-state index in [1.807, 2.05) is 49.6 Å². The minimum atomic E-state index is -0.303. The SMILES string of the molecule is Cc1ccc(-c2n[nH]c(=S)n2CCC(=O)N2CCN(C(=O)OCC(C)C)CC2)cc1. The van der Waals surface area contributed by atoms with E-state index in [9.17, 15) is 9.59 Å². The summed E-state index contributed by atoms with van der Waals surface area (Å²) in [5, 5.41) is 7.15. The summed E-state index contributed by atoms with van der Waals surface area (Å²) in [5.41, 5.74) is 2.12. The summed E-state index contributed by atoms with van der Waals surface area (Å²) in [6.07, 6.45) is 0.0214. The molecule has 1 saturated heterocycles. The number of benzene rings is 1. The fourth-order valence-corrected chi connectivity index (χ4v) is 3.50. The molecule has 0 unspecified atom stereocenters. The van der Waals surface area contributed by atoms with Crippen LogP contribution in [0.4, 0.5) is 4.79 Å². The number of rotatable bonds is 6. The van der Waals surface area contributed by atoms with Crippen molar-refractivity contribution in [3.05, 3.63) is 34.6 Å². The molecule has 0 aliphatic carbocycles. The van der Waals surface area contributed by atoms with Crippen LogP contribution in [-0.2, 0) is 16.1 Å². The first-order chi connectivity index (χ1) is 14.3. The largest absolute Gasteiger partial charge is 0.449 e. The Balaban J connectivity index is 1.54. The van der Waals surface area contributed by atoms with Crippen LogP contribution in [0.1, 0.15) is 25.8 Å². The van der Waals surface area contributed by atoms with Crippen molar-refractivity contribution in [3.8, 4) is 11.4 Å². The lowest BCUT2D eigenvalue weighted by atomic mass is 10.1. The van der Waals surface area contributed by atoms with Gasteiger partial charge in [-0.1, -0.05) is 43.7 Å². The first kappa shape index (κ1) is 22.0. The summed E-state index contributed by atoms with van der Waals surface area (Å²) >= 11 is 5.36. The maximum atomic E-state index is 12.7. The smallest absolute Gasteiger partial charge is 0.409 e. The standard InChI is InChI=1S/C21H29N5O3S/c1-15(2)14-29-21(28)25-12-10-24(11-13-25)18(27)8-9-26-19(22-23-20(26)30)17-6-4-16(3)5-7-17/h4-7,15H,8-14H2,1-3H3,(H,23,30). The van der Waals surface area contributed by atoms with Crippen molar-refractivity contribution in [1.29, 1.82) is 0 Å². The van der Waals surface area contributed by atoms with Crippen molar-refractivity contribution in [2.45, 2.75) is 33.7 Å². The zero-order valence-corrected chi connectivity index (χ0v) is 18.6. The maximum absolute atomic E-state index is 12.7. The second kappa shape index (κ2) is 9.88. The lowest BCUT2D eigenvalue weighted by Gasteiger charge is -2.34. The highest BCUT2D eigenvalue weighted by molar-refractivity contribution is 7.71. The van der Waals surface area contributed by atoms with Crippen molar-refractivity contribution in [2.24, 2.45) is 5.92 Å². The van der Waals surface area contributed by atoms with Gasteiger partial charge in [0.2, 0.25) is 5.91 Å². The summed E-state index contributed by atoms with van der Waals surface area (Å²) in [6.45, 7) is 8.89. The molecule has 9 heteroatoms. The summed E-state index contributed by atoms with van der Waals surface area (Å²) in [6, 6.07) is 8.04. The predicted molar refractivity (Wildman–Crippen MR) is 117 cm³/mol. The van der Waals surface area contributed by atoms with Gasteiger partial charge in [0.05, 0.1) is 6.61 Å². The van der Waals surface area contributed by atoms with Gasteiger partial charge in [-0.05, 0) is 25.1 Å². The average Bonchev–Trinajstić information content (AvgIpc) is 3.11. The van der Waals surface area contributed by atoms with Gasteiger partial charge in [-0.3, -0.25) is 14.5 Å². The van der Waals surface area contributed by atoms with Gasteiger partial charge in [0.25, 0.3) is 0 Å². The summed E-state index contributed by atoms with van der Waals surface area (Å²) < 4.78 is 7.62. The second-order valence-electron chi connectivity index (χ2n) is 7.96. The third-order valence-corrected chi connectivity index (χ3v) is 5.36. The number of nitrogens with zero attached hydrogens (tertiary/aromatic N) is 4. The quantitative estimate of drug-likeness (QED) is 0.710. The Kier molecular flexibility index (Phi) is 7.25. The average molecular weight is 432 g/mol. The number of aromatic nitrogens is 3. The lowest BCUT2D eigenvalue weighted by Crippen LogP contribution is -2.51. The summed E-state index contributed by atoms with van der Waals surface area (Å²) in [5.74, 6) is 1.07. The Morgan fingerprint density at radius 3 is 2.40 bits per heavy atom. The summed E-state index contributed by atoms with van der Waals surface area (Å²) in [4.78, 5) is 28.2. The Morgan fingerprint density at radius 2 is 1.77 bits per heavy atom. The van der Waals surface area contributed by atoms with E-state index in [1.165, 1.54) is 5.56 Å². The lowest BCUT2D eigenvalue weighted by molar-refractivity contribution is -0.133. The van der Waals surface area contributed by atoms with Gasteiger partial charge in [0, 0.05) is 44.7 Å². The Hall–Kier alpha value is -2.68. The monoisotopic (exact) mass is 431 g/mol. The van der Waals surface area contributed by atoms with Gasteiger partial charge in [-0.25, -0.2) is 4.79 Å². The zero-order valence-electron chi connectivity index (χ0n) is 17.8. The number of aryl methyl sites for hydroxylation is 1. The van der Waals surface area contributed by atoms with E-state index in [0.717, 1.165) is 11.4 Å². The molecule has 1 fully saturated rings. The number of hydrogen-bond acceptors (Lipinski definition) is 5. The van der Waals surface area contributed by atoms with E-state index < -0.39 is 0 Å². The molecule has 2 heterocycles. The fraction of sp³-hybridized carbons (Fsp3) is 0.524. The van der Waals surface area contributed by atoms with Gasteiger partial charge in [-0.2, -0.15) is 5.10 Å². The van der Waals surface area contributed by atoms with Crippen LogP contribution in [0.5, 0.6) is 0 Å². The molecule has 0 spiro atoms. The van der Waals surface area contributed by atoms with Gasteiger partial charge < -0.3 is 14.5 Å². The highest BCUT2D eigenvalue weighted by atomic mass is 32.1. The number of H-pyrrole nitrogens is 1.